The van der Waals surface area contributed by atoms with Gasteiger partial charge in [-0.2, -0.15) is 0 Å². The van der Waals surface area contributed by atoms with E-state index in [-0.39, 0.29) is 6.04 Å². The maximum absolute atomic E-state index is 6.14. The fourth-order valence-electron chi connectivity index (χ4n) is 2.91. The molecule has 0 spiro atoms. The number of para-hydroxylation sites is 1. The molecule has 4 rings (SSSR count). The first kappa shape index (κ1) is 11.3. The van der Waals surface area contributed by atoms with Crippen LogP contribution in [0.5, 0.6) is 5.75 Å². The van der Waals surface area contributed by atoms with Crippen LogP contribution in [0.4, 0.5) is 5.95 Å². The summed E-state index contributed by atoms with van der Waals surface area (Å²) < 4.78 is 7.84. The number of nitrogen functional groups attached to an aromatic ring is 1. The van der Waals surface area contributed by atoms with Crippen LogP contribution in [-0.4, -0.2) is 16.2 Å². The number of ether oxygens (including phenoxy) is 1. The number of anilines is 1. The predicted molar refractivity (Wildman–Crippen MR) is 79.0 cm³/mol. The molecule has 1 aliphatic heterocycles. The minimum atomic E-state index is 0.0954. The van der Waals surface area contributed by atoms with Crippen molar-refractivity contribution in [1.29, 1.82) is 0 Å². The van der Waals surface area contributed by atoms with Crippen LogP contribution < -0.4 is 10.5 Å². The summed E-state index contributed by atoms with van der Waals surface area (Å²) in [6, 6.07) is 14.4. The van der Waals surface area contributed by atoms with E-state index in [1.54, 1.807) is 0 Å². The third-order valence-electron chi connectivity index (χ3n) is 3.86. The van der Waals surface area contributed by atoms with Gasteiger partial charge in [0.1, 0.15) is 12.4 Å². The van der Waals surface area contributed by atoms with Crippen LogP contribution in [0, 0.1) is 6.92 Å². The summed E-state index contributed by atoms with van der Waals surface area (Å²) in [4.78, 5) is 4.46. The van der Waals surface area contributed by atoms with E-state index in [9.17, 15) is 0 Å². The van der Waals surface area contributed by atoms with Gasteiger partial charge in [0.15, 0.2) is 0 Å². The molecule has 2 aromatic carbocycles. The highest BCUT2D eigenvalue weighted by Gasteiger charge is 2.28. The highest BCUT2D eigenvalue weighted by molar-refractivity contribution is 5.79. The van der Waals surface area contributed by atoms with Crippen molar-refractivity contribution < 1.29 is 4.74 Å². The smallest absolute Gasteiger partial charge is 0.201 e. The van der Waals surface area contributed by atoms with Crippen LogP contribution in [0.25, 0.3) is 11.0 Å². The number of fused-ring (bicyclic) bond motifs is 2. The van der Waals surface area contributed by atoms with E-state index in [1.807, 2.05) is 24.3 Å². The van der Waals surface area contributed by atoms with Gasteiger partial charge in [-0.15, -0.1) is 0 Å². The summed E-state index contributed by atoms with van der Waals surface area (Å²) >= 11 is 0. The quantitative estimate of drug-likeness (QED) is 0.736. The van der Waals surface area contributed by atoms with Crippen molar-refractivity contribution in [2.24, 2.45) is 0 Å². The first-order valence-corrected chi connectivity index (χ1v) is 6.70. The molecule has 1 unspecified atom stereocenters. The van der Waals surface area contributed by atoms with Gasteiger partial charge in [0.2, 0.25) is 5.95 Å². The Bertz CT molecular complexity index is 807. The molecule has 4 nitrogen and oxygen atoms in total. The molecule has 1 atom stereocenters. The second-order valence-electron chi connectivity index (χ2n) is 5.20. The summed E-state index contributed by atoms with van der Waals surface area (Å²) in [6.07, 6.45) is 0. The summed E-state index contributed by atoms with van der Waals surface area (Å²) in [5.41, 5.74) is 10.5. The monoisotopic (exact) mass is 265 g/mol. The first-order chi connectivity index (χ1) is 9.74. The average Bonchev–Trinajstić information content (AvgIpc) is 2.99. The maximum atomic E-state index is 6.14. The Morgan fingerprint density at radius 1 is 1.25 bits per heavy atom. The van der Waals surface area contributed by atoms with Gasteiger partial charge < -0.3 is 10.5 Å². The standard InChI is InChI=1S/C16H15N3O/c1-10-6-7-12-13(8-10)19(16(17)18-12)14-9-20-15-5-3-2-4-11(14)15/h2-8,14H,9H2,1H3,(H2,17,18). The first-order valence-electron chi connectivity index (χ1n) is 6.70. The number of rotatable bonds is 1. The van der Waals surface area contributed by atoms with Gasteiger partial charge in [-0.25, -0.2) is 4.98 Å². The molecule has 1 aromatic heterocycles. The fraction of sp³-hybridized carbons (Fsp3) is 0.188. The Kier molecular flexibility index (Phi) is 2.27. The van der Waals surface area contributed by atoms with Crippen LogP contribution >= 0.6 is 0 Å². The molecule has 0 fully saturated rings. The van der Waals surface area contributed by atoms with Gasteiger partial charge >= 0.3 is 0 Å². The van der Waals surface area contributed by atoms with Crippen molar-refractivity contribution >= 4 is 17.0 Å². The van der Waals surface area contributed by atoms with Crippen molar-refractivity contribution in [2.45, 2.75) is 13.0 Å². The summed E-state index contributed by atoms with van der Waals surface area (Å²) in [5, 5.41) is 0. The molecule has 100 valence electrons. The highest BCUT2D eigenvalue weighted by atomic mass is 16.5. The molecule has 0 radical (unpaired) electrons. The molecule has 1 aliphatic rings. The van der Waals surface area contributed by atoms with E-state index < -0.39 is 0 Å². The molecule has 0 amide bonds. The Morgan fingerprint density at radius 2 is 2.10 bits per heavy atom. The topological polar surface area (TPSA) is 53.1 Å². The number of aryl methyl sites for hydroxylation is 1. The van der Waals surface area contributed by atoms with Crippen molar-refractivity contribution in [3.8, 4) is 5.75 Å². The number of hydrogen-bond acceptors (Lipinski definition) is 3. The van der Waals surface area contributed by atoms with Crippen molar-refractivity contribution in [1.82, 2.24) is 9.55 Å². The Morgan fingerprint density at radius 3 is 3.00 bits per heavy atom. The Labute approximate surface area is 116 Å². The third kappa shape index (κ3) is 1.51. The van der Waals surface area contributed by atoms with Gasteiger partial charge in [-0.05, 0) is 30.7 Å². The molecule has 2 N–H and O–H groups in total. The zero-order valence-electron chi connectivity index (χ0n) is 11.2. The zero-order valence-corrected chi connectivity index (χ0v) is 11.2. The van der Waals surface area contributed by atoms with Crippen LogP contribution in [0.1, 0.15) is 17.2 Å². The number of hydrogen-bond donors (Lipinski definition) is 1. The maximum Gasteiger partial charge on any atom is 0.201 e. The van der Waals surface area contributed by atoms with E-state index in [0.717, 1.165) is 16.8 Å². The van der Waals surface area contributed by atoms with Crippen LogP contribution in [0.15, 0.2) is 42.5 Å². The Balaban J connectivity index is 1.95. The SMILES string of the molecule is Cc1ccc2nc(N)n(C3COc4ccccc43)c2c1. The van der Waals surface area contributed by atoms with Crippen molar-refractivity contribution in [3.05, 3.63) is 53.6 Å². The minimum Gasteiger partial charge on any atom is -0.491 e. The number of nitrogens with zero attached hydrogens (tertiary/aromatic N) is 2. The van der Waals surface area contributed by atoms with Crippen LogP contribution in [0.3, 0.4) is 0 Å². The molecule has 0 aliphatic carbocycles. The second kappa shape index (κ2) is 4.00. The molecule has 20 heavy (non-hydrogen) atoms. The minimum absolute atomic E-state index is 0.0954. The molecule has 3 aromatic rings. The van der Waals surface area contributed by atoms with Crippen molar-refractivity contribution in [3.63, 3.8) is 0 Å². The van der Waals surface area contributed by atoms with E-state index >= 15 is 0 Å². The Hall–Kier alpha value is -2.49. The molecule has 0 saturated carbocycles. The zero-order chi connectivity index (χ0) is 13.7. The van der Waals surface area contributed by atoms with Gasteiger partial charge in [0.25, 0.3) is 0 Å². The van der Waals surface area contributed by atoms with E-state index in [2.05, 4.69) is 34.7 Å². The lowest BCUT2D eigenvalue weighted by Crippen LogP contribution is -2.14. The van der Waals surface area contributed by atoms with Gasteiger partial charge in [-0.3, -0.25) is 4.57 Å². The molecule has 0 saturated heterocycles. The van der Waals surface area contributed by atoms with Gasteiger partial charge in [-0.1, -0.05) is 24.3 Å². The third-order valence-corrected chi connectivity index (χ3v) is 3.86. The number of aromatic nitrogens is 2. The van der Waals surface area contributed by atoms with Crippen molar-refractivity contribution in [2.75, 3.05) is 12.3 Å². The van der Waals surface area contributed by atoms with E-state index in [4.69, 9.17) is 10.5 Å². The van der Waals surface area contributed by atoms with E-state index in [0.29, 0.717) is 12.6 Å². The molecular weight excluding hydrogens is 250 g/mol. The summed E-state index contributed by atoms with van der Waals surface area (Å²) in [6.45, 7) is 2.68. The lowest BCUT2D eigenvalue weighted by molar-refractivity contribution is 0.320. The number of benzene rings is 2. The van der Waals surface area contributed by atoms with Crippen LogP contribution in [0.2, 0.25) is 0 Å². The van der Waals surface area contributed by atoms with Gasteiger partial charge in [0.05, 0.1) is 17.1 Å². The summed E-state index contributed by atoms with van der Waals surface area (Å²) in [7, 11) is 0. The molecular formula is C16H15N3O. The van der Waals surface area contributed by atoms with Gasteiger partial charge in [0, 0.05) is 5.56 Å². The predicted octanol–water partition coefficient (Wildman–Crippen LogP) is 2.91. The van der Waals surface area contributed by atoms with E-state index in [1.165, 1.54) is 11.1 Å². The number of nitrogens with two attached hydrogens (primary N) is 1. The average molecular weight is 265 g/mol. The lowest BCUT2D eigenvalue weighted by atomic mass is 10.1. The highest BCUT2D eigenvalue weighted by Crippen LogP contribution is 2.37. The largest absolute Gasteiger partial charge is 0.491 e. The normalized spacial score (nSPS) is 17.1. The molecule has 4 heteroatoms. The molecule has 0 bridgehead atoms. The number of imidazole rings is 1. The van der Waals surface area contributed by atoms with Crippen LogP contribution in [-0.2, 0) is 0 Å². The fourth-order valence-corrected chi connectivity index (χ4v) is 2.91. The second-order valence-corrected chi connectivity index (χ2v) is 5.20. The molecule has 2 heterocycles. The lowest BCUT2D eigenvalue weighted by Gasteiger charge is -2.14. The summed E-state index contributed by atoms with van der Waals surface area (Å²) in [5.74, 6) is 1.47.